The highest BCUT2D eigenvalue weighted by Gasteiger charge is 2.34. The average molecular weight is 286 g/mol. The maximum Gasteiger partial charge on any atom is 0.158 e. The lowest BCUT2D eigenvalue weighted by Crippen LogP contribution is -2.54. The number of methoxy groups -OCH3 is 2. The van der Waals surface area contributed by atoms with Crippen LogP contribution in [0.15, 0.2) is 0 Å². The van der Waals surface area contributed by atoms with E-state index in [9.17, 15) is 0 Å². The lowest BCUT2D eigenvalue weighted by molar-refractivity contribution is -0.128. The Morgan fingerprint density at radius 2 is 1.95 bits per heavy atom. The van der Waals surface area contributed by atoms with Crippen molar-refractivity contribution in [1.82, 2.24) is 4.90 Å². The van der Waals surface area contributed by atoms with Gasteiger partial charge >= 0.3 is 0 Å². The number of nitrogens with two attached hydrogens (primary N) is 1. The van der Waals surface area contributed by atoms with Crippen LogP contribution >= 0.6 is 0 Å². The Bertz CT molecular complexity index is 259. The molecule has 0 aromatic carbocycles. The third kappa shape index (κ3) is 4.99. The first-order valence-corrected chi connectivity index (χ1v) is 8.10. The van der Waals surface area contributed by atoms with E-state index in [0.29, 0.717) is 6.54 Å². The second-order valence-corrected chi connectivity index (χ2v) is 6.38. The molecule has 1 fully saturated rings. The maximum absolute atomic E-state index is 6.09. The number of hydrogen-bond donors (Lipinski definition) is 1. The summed E-state index contributed by atoms with van der Waals surface area (Å²) in [6.45, 7) is 7.48. The molecule has 1 aliphatic heterocycles. The van der Waals surface area contributed by atoms with E-state index in [2.05, 4.69) is 18.7 Å². The fraction of sp³-hybridized carbons (Fsp3) is 1.00. The molecule has 2 atom stereocenters. The number of ether oxygens (including phenoxy) is 2. The lowest BCUT2D eigenvalue weighted by Gasteiger charge is -2.41. The van der Waals surface area contributed by atoms with Crippen molar-refractivity contribution in [2.75, 3.05) is 33.9 Å². The molecular weight excluding hydrogens is 252 g/mol. The highest BCUT2D eigenvalue weighted by Crippen LogP contribution is 2.28. The number of rotatable bonds is 8. The van der Waals surface area contributed by atoms with Crippen molar-refractivity contribution in [2.24, 2.45) is 11.7 Å². The highest BCUT2D eigenvalue weighted by atomic mass is 16.7. The second-order valence-electron chi connectivity index (χ2n) is 6.38. The van der Waals surface area contributed by atoms with E-state index in [0.717, 1.165) is 25.4 Å². The van der Waals surface area contributed by atoms with E-state index in [1.54, 1.807) is 14.2 Å². The molecule has 1 heterocycles. The Hall–Kier alpha value is -0.160. The smallest absolute Gasteiger partial charge is 0.158 e. The molecule has 1 rings (SSSR count). The van der Waals surface area contributed by atoms with Gasteiger partial charge in [0.15, 0.2) is 6.29 Å². The Morgan fingerprint density at radius 1 is 1.25 bits per heavy atom. The largest absolute Gasteiger partial charge is 0.356 e. The molecule has 1 aliphatic rings. The molecule has 2 N–H and O–H groups in total. The monoisotopic (exact) mass is 286 g/mol. The average Bonchev–Trinajstić information content (AvgIpc) is 2.71. The molecule has 0 radical (unpaired) electrons. The first kappa shape index (κ1) is 17.9. The van der Waals surface area contributed by atoms with Gasteiger partial charge in [0.2, 0.25) is 0 Å². The summed E-state index contributed by atoms with van der Waals surface area (Å²) in [6.07, 6.45) is 7.27. The summed E-state index contributed by atoms with van der Waals surface area (Å²) in [7, 11) is 3.40. The molecule has 4 heteroatoms. The fourth-order valence-electron chi connectivity index (χ4n) is 3.37. The molecule has 0 aromatic heterocycles. The van der Waals surface area contributed by atoms with Gasteiger partial charge in [-0.3, -0.25) is 4.90 Å². The SMILES string of the molecule is CCCC1CCCN(C(C)(CN)CC(OC)OC)CC1. The van der Waals surface area contributed by atoms with Gasteiger partial charge in [0.1, 0.15) is 0 Å². The van der Waals surface area contributed by atoms with Gasteiger partial charge in [0, 0.05) is 32.7 Å². The lowest BCUT2D eigenvalue weighted by atomic mass is 9.94. The van der Waals surface area contributed by atoms with Crippen LogP contribution in [0.4, 0.5) is 0 Å². The molecule has 0 aromatic rings. The molecule has 0 saturated carbocycles. The van der Waals surface area contributed by atoms with Crippen LogP contribution in [0, 0.1) is 5.92 Å². The van der Waals surface area contributed by atoms with Gasteiger partial charge in [0.25, 0.3) is 0 Å². The molecule has 0 bridgehead atoms. The predicted octanol–water partition coefficient (Wildman–Crippen LogP) is 2.62. The zero-order valence-corrected chi connectivity index (χ0v) is 13.9. The quantitative estimate of drug-likeness (QED) is 0.697. The summed E-state index contributed by atoms with van der Waals surface area (Å²) in [6, 6.07) is 0. The standard InChI is InChI=1S/C16H34N2O2/c1-5-7-14-8-6-10-18(11-9-14)16(2,13-17)12-15(19-3)20-4/h14-15H,5-13,17H2,1-4H3. The Morgan fingerprint density at radius 3 is 2.50 bits per heavy atom. The van der Waals surface area contributed by atoms with Gasteiger partial charge in [0.05, 0.1) is 0 Å². The third-order valence-corrected chi connectivity index (χ3v) is 4.88. The van der Waals surface area contributed by atoms with Gasteiger partial charge in [-0.2, -0.15) is 0 Å². The van der Waals surface area contributed by atoms with Crippen LogP contribution in [-0.2, 0) is 9.47 Å². The first-order valence-electron chi connectivity index (χ1n) is 8.10. The minimum atomic E-state index is -0.168. The van der Waals surface area contributed by atoms with Crippen molar-refractivity contribution in [3.63, 3.8) is 0 Å². The molecule has 120 valence electrons. The van der Waals surface area contributed by atoms with E-state index >= 15 is 0 Å². The third-order valence-electron chi connectivity index (χ3n) is 4.88. The molecule has 0 amide bonds. The summed E-state index contributed by atoms with van der Waals surface area (Å²) in [5, 5.41) is 0. The van der Waals surface area contributed by atoms with E-state index in [1.165, 1.54) is 32.1 Å². The molecule has 0 aliphatic carbocycles. The summed E-state index contributed by atoms with van der Waals surface area (Å²) >= 11 is 0. The summed E-state index contributed by atoms with van der Waals surface area (Å²) in [5.74, 6) is 0.896. The zero-order chi connectivity index (χ0) is 15.0. The topological polar surface area (TPSA) is 47.7 Å². The van der Waals surface area contributed by atoms with E-state index in [-0.39, 0.29) is 11.8 Å². The molecule has 0 spiro atoms. The number of likely N-dealkylation sites (tertiary alicyclic amines) is 1. The van der Waals surface area contributed by atoms with Crippen LogP contribution in [-0.4, -0.2) is 50.6 Å². The van der Waals surface area contributed by atoms with Crippen LogP contribution in [0.5, 0.6) is 0 Å². The Kier molecular flexibility index (Phi) is 8.03. The van der Waals surface area contributed by atoms with Crippen molar-refractivity contribution in [1.29, 1.82) is 0 Å². The van der Waals surface area contributed by atoms with Gasteiger partial charge in [-0.1, -0.05) is 19.8 Å². The van der Waals surface area contributed by atoms with Gasteiger partial charge in [-0.25, -0.2) is 0 Å². The van der Waals surface area contributed by atoms with Crippen LogP contribution in [0.2, 0.25) is 0 Å². The Balaban J connectivity index is 2.63. The van der Waals surface area contributed by atoms with Gasteiger partial charge in [-0.05, 0) is 45.2 Å². The van der Waals surface area contributed by atoms with E-state index in [1.807, 2.05) is 0 Å². The molecule has 20 heavy (non-hydrogen) atoms. The van der Waals surface area contributed by atoms with Crippen molar-refractivity contribution >= 4 is 0 Å². The second kappa shape index (κ2) is 8.98. The molecule has 4 nitrogen and oxygen atoms in total. The van der Waals surface area contributed by atoms with Crippen molar-refractivity contribution < 1.29 is 9.47 Å². The highest BCUT2D eigenvalue weighted by molar-refractivity contribution is 4.90. The van der Waals surface area contributed by atoms with Crippen LogP contribution in [0.3, 0.4) is 0 Å². The molecular formula is C16H34N2O2. The zero-order valence-electron chi connectivity index (χ0n) is 13.9. The summed E-state index contributed by atoms with van der Waals surface area (Å²) in [4.78, 5) is 2.56. The minimum Gasteiger partial charge on any atom is -0.356 e. The van der Waals surface area contributed by atoms with Gasteiger partial charge < -0.3 is 15.2 Å². The van der Waals surface area contributed by atoms with Crippen molar-refractivity contribution in [3.8, 4) is 0 Å². The predicted molar refractivity (Wildman–Crippen MR) is 83.7 cm³/mol. The van der Waals surface area contributed by atoms with Crippen molar-refractivity contribution in [2.45, 2.75) is 64.2 Å². The van der Waals surface area contributed by atoms with E-state index < -0.39 is 0 Å². The number of hydrogen-bond acceptors (Lipinski definition) is 4. The summed E-state index contributed by atoms with van der Waals surface area (Å²) < 4.78 is 10.7. The number of nitrogens with zero attached hydrogens (tertiary/aromatic N) is 1. The maximum atomic E-state index is 6.09. The normalized spacial score (nSPS) is 24.6. The van der Waals surface area contributed by atoms with Crippen LogP contribution in [0.25, 0.3) is 0 Å². The fourth-order valence-corrected chi connectivity index (χ4v) is 3.37. The minimum absolute atomic E-state index is 0.0300. The molecule has 1 saturated heterocycles. The van der Waals surface area contributed by atoms with Crippen LogP contribution in [0.1, 0.15) is 52.4 Å². The summed E-state index contributed by atoms with van der Waals surface area (Å²) in [5.41, 5.74) is 6.06. The first-order chi connectivity index (χ1) is 9.59. The van der Waals surface area contributed by atoms with Crippen LogP contribution < -0.4 is 5.73 Å². The molecule has 2 unspecified atom stereocenters. The van der Waals surface area contributed by atoms with Crippen molar-refractivity contribution in [3.05, 3.63) is 0 Å². The van der Waals surface area contributed by atoms with E-state index in [4.69, 9.17) is 15.2 Å². The van der Waals surface area contributed by atoms with Gasteiger partial charge in [-0.15, -0.1) is 0 Å². The Labute approximate surface area is 125 Å².